The molecular weight excluding hydrogens is 354 g/mol. The second kappa shape index (κ2) is 8.01. The Balaban J connectivity index is 1.97. The van der Waals surface area contributed by atoms with Crippen LogP contribution in [0, 0.1) is 13.8 Å². The normalized spacial score (nSPS) is 13.0. The highest BCUT2D eigenvalue weighted by molar-refractivity contribution is 7.89. The predicted molar refractivity (Wildman–Crippen MR) is 98.2 cm³/mol. The van der Waals surface area contributed by atoms with Gasteiger partial charge in [-0.2, -0.15) is 0 Å². The molecule has 1 amide bonds. The van der Waals surface area contributed by atoms with Crippen LogP contribution in [0.4, 0.5) is 0 Å². The van der Waals surface area contributed by atoms with E-state index in [4.69, 9.17) is 4.52 Å². The van der Waals surface area contributed by atoms with Gasteiger partial charge in [-0.15, -0.1) is 0 Å². The molecular formula is C18H25N3O4S. The molecule has 0 aliphatic heterocycles. The molecule has 0 spiro atoms. The van der Waals surface area contributed by atoms with Gasteiger partial charge in [-0.1, -0.05) is 17.3 Å². The first kappa shape index (κ1) is 20.1. The molecule has 0 bridgehead atoms. The molecule has 0 saturated carbocycles. The Kier molecular flexibility index (Phi) is 6.20. The van der Waals surface area contributed by atoms with Crippen LogP contribution in [0.2, 0.25) is 0 Å². The summed E-state index contributed by atoms with van der Waals surface area (Å²) < 4.78 is 30.4. The van der Waals surface area contributed by atoms with Gasteiger partial charge in [-0.05, 0) is 44.9 Å². The fourth-order valence-electron chi connectivity index (χ4n) is 2.63. The standard InChI is InChI=1S/C18H25N3O4S/c1-12(15-6-8-16(9-7-15)26(23,24)21(4)5)19-18(22)11-10-17-13(2)20-25-14(17)3/h6-9,12H,10-11H2,1-5H3,(H,19,22). The third kappa shape index (κ3) is 4.50. The average Bonchev–Trinajstić information content (AvgIpc) is 2.91. The highest BCUT2D eigenvalue weighted by Gasteiger charge is 2.18. The number of aryl methyl sites for hydroxylation is 2. The van der Waals surface area contributed by atoms with Gasteiger partial charge in [0.05, 0.1) is 16.6 Å². The van der Waals surface area contributed by atoms with Gasteiger partial charge in [0, 0.05) is 26.1 Å². The van der Waals surface area contributed by atoms with Gasteiger partial charge in [-0.3, -0.25) is 4.79 Å². The molecule has 0 aliphatic carbocycles. The van der Waals surface area contributed by atoms with Crippen molar-refractivity contribution in [2.24, 2.45) is 0 Å². The van der Waals surface area contributed by atoms with E-state index < -0.39 is 10.0 Å². The Hall–Kier alpha value is -2.19. The highest BCUT2D eigenvalue weighted by atomic mass is 32.2. The number of benzene rings is 1. The van der Waals surface area contributed by atoms with E-state index in [0.717, 1.165) is 22.6 Å². The Morgan fingerprint density at radius 1 is 1.23 bits per heavy atom. The van der Waals surface area contributed by atoms with Crippen LogP contribution in [-0.4, -0.2) is 37.9 Å². The summed E-state index contributed by atoms with van der Waals surface area (Å²) in [7, 11) is -0.471. The Morgan fingerprint density at radius 2 is 1.85 bits per heavy atom. The van der Waals surface area contributed by atoms with E-state index in [1.54, 1.807) is 24.3 Å². The number of aromatic nitrogens is 1. The molecule has 0 radical (unpaired) electrons. The number of nitrogens with zero attached hydrogens (tertiary/aromatic N) is 2. The fraction of sp³-hybridized carbons (Fsp3) is 0.444. The van der Waals surface area contributed by atoms with Crippen LogP contribution in [0.1, 0.15) is 42.0 Å². The molecule has 8 heteroatoms. The molecule has 26 heavy (non-hydrogen) atoms. The third-order valence-corrected chi connectivity index (χ3v) is 6.15. The Morgan fingerprint density at radius 3 is 2.35 bits per heavy atom. The molecule has 0 aliphatic rings. The van der Waals surface area contributed by atoms with E-state index in [2.05, 4.69) is 10.5 Å². The van der Waals surface area contributed by atoms with Crippen LogP contribution in [0.3, 0.4) is 0 Å². The van der Waals surface area contributed by atoms with Gasteiger partial charge in [0.2, 0.25) is 15.9 Å². The van der Waals surface area contributed by atoms with Gasteiger partial charge in [0.25, 0.3) is 0 Å². The largest absolute Gasteiger partial charge is 0.361 e. The van der Waals surface area contributed by atoms with Crippen molar-refractivity contribution < 1.29 is 17.7 Å². The average molecular weight is 379 g/mol. The smallest absolute Gasteiger partial charge is 0.242 e. The van der Waals surface area contributed by atoms with Gasteiger partial charge >= 0.3 is 0 Å². The summed E-state index contributed by atoms with van der Waals surface area (Å²) in [5, 5.41) is 6.81. The summed E-state index contributed by atoms with van der Waals surface area (Å²) in [6, 6.07) is 6.32. The Labute approximate surface area is 154 Å². The maximum atomic E-state index is 12.2. The van der Waals surface area contributed by atoms with Gasteiger partial charge < -0.3 is 9.84 Å². The summed E-state index contributed by atoms with van der Waals surface area (Å²) in [5.74, 6) is 0.656. The van der Waals surface area contributed by atoms with Gasteiger partial charge in [-0.25, -0.2) is 12.7 Å². The molecule has 1 aromatic heterocycles. The number of hydrogen-bond acceptors (Lipinski definition) is 5. The minimum Gasteiger partial charge on any atom is -0.361 e. The summed E-state index contributed by atoms with van der Waals surface area (Å²) in [6.07, 6.45) is 0.903. The van der Waals surface area contributed by atoms with E-state index in [1.807, 2.05) is 20.8 Å². The number of rotatable bonds is 7. The molecule has 2 rings (SSSR count). The van der Waals surface area contributed by atoms with E-state index in [9.17, 15) is 13.2 Å². The van der Waals surface area contributed by atoms with Crippen molar-refractivity contribution in [2.45, 2.75) is 44.6 Å². The lowest BCUT2D eigenvalue weighted by atomic mass is 10.1. The number of hydrogen-bond donors (Lipinski definition) is 1. The number of amides is 1. The molecule has 2 aromatic rings. The van der Waals surface area contributed by atoms with Crippen LogP contribution in [-0.2, 0) is 21.2 Å². The molecule has 1 aromatic carbocycles. The third-order valence-electron chi connectivity index (χ3n) is 4.32. The zero-order valence-corrected chi connectivity index (χ0v) is 16.6. The molecule has 1 atom stereocenters. The zero-order chi connectivity index (χ0) is 19.5. The predicted octanol–water partition coefficient (Wildman–Crippen LogP) is 2.35. The molecule has 7 nitrogen and oxygen atoms in total. The lowest BCUT2D eigenvalue weighted by Crippen LogP contribution is -2.27. The van der Waals surface area contributed by atoms with E-state index in [1.165, 1.54) is 18.4 Å². The van der Waals surface area contributed by atoms with Crippen LogP contribution < -0.4 is 5.32 Å². The number of carbonyl (C=O) groups is 1. The summed E-state index contributed by atoms with van der Waals surface area (Å²) >= 11 is 0. The molecule has 1 heterocycles. The monoisotopic (exact) mass is 379 g/mol. The van der Waals surface area contributed by atoms with Crippen molar-refractivity contribution in [3.8, 4) is 0 Å². The SMILES string of the molecule is Cc1noc(C)c1CCC(=O)NC(C)c1ccc(S(=O)(=O)N(C)C)cc1. The van der Waals surface area contributed by atoms with E-state index in [0.29, 0.717) is 12.8 Å². The van der Waals surface area contributed by atoms with Gasteiger partial charge in [0.15, 0.2) is 0 Å². The minimum atomic E-state index is -3.45. The maximum absolute atomic E-state index is 12.2. The molecule has 1 N–H and O–H groups in total. The van der Waals surface area contributed by atoms with Crippen molar-refractivity contribution in [1.29, 1.82) is 0 Å². The maximum Gasteiger partial charge on any atom is 0.242 e. The van der Waals surface area contributed by atoms with Crippen molar-refractivity contribution in [2.75, 3.05) is 14.1 Å². The second-order valence-corrected chi connectivity index (χ2v) is 8.60. The topological polar surface area (TPSA) is 92.5 Å². The first-order valence-corrected chi connectivity index (χ1v) is 9.80. The van der Waals surface area contributed by atoms with Crippen molar-refractivity contribution >= 4 is 15.9 Å². The van der Waals surface area contributed by atoms with Crippen LogP contribution in [0.15, 0.2) is 33.7 Å². The molecule has 0 saturated heterocycles. The molecule has 1 unspecified atom stereocenters. The lowest BCUT2D eigenvalue weighted by Gasteiger charge is -2.16. The zero-order valence-electron chi connectivity index (χ0n) is 15.7. The van der Waals surface area contributed by atoms with Gasteiger partial charge in [0.1, 0.15) is 5.76 Å². The quantitative estimate of drug-likeness (QED) is 0.797. The van der Waals surface area contributed by atoms with Crippen LogP contribution >= 0.6 is 0 Å². The summed E-state index contributed by atoms with van der Waals surface area (Å²) in [5.41, 5.74) is 2.61. The van der Waals surface area contributed by atoms with Crippen molar-refractivity contribution in [3.05, 3.63) is 46.8 Å². The summed E-state index contributed by atoms with van der Waals surface area (Å²) in [6.45, 7) is 5.55. The number of carbonyl (C=O) groups excluding carboxylic acids is 1. The number of nitrogens with one attached hydrogen (secondary N) is 1. The van der Waals surface area contributed by atoms with Crippen molar-refractivity contribution in [1.82, 2.24) is 14.8 Å². The first-order chi connectivity index (χ1) is 12.1. The van der Waals surface area contributed by atoms with Crippen LogP contribution in [0.25, 0.3) is 0 Å². The molecule has 142 valence electrons. The lowest BCUT2D eigenvalue weighted by molar-refractivity contribution is -0.121. The van der Waals surface area contributed by atoms with E-state index in [-0.39, 0.29) is 16.8 Å². The highest BCUT2D eigenvalue weighted by Crippen LogP contribution is 2.19. The Bertz CT molecular complexity index is 851. The summed E-state index contributed by atoms with van der Waals surface area (Å²) in [4.78, 5) is 12.4. The van der Waals surface area contributed by atoms with Crippen molar-refractivity contribution in [3.63, 3.8) is 0 Å². The minimum absolute atomic E-state index is 0.0810. The number of sulfonamides is 1. The second-order valence-electron chi connectivity index (χ2n) is 6.45. The van der Waals surface area contributed by atoms with E-state index >= 15 is 0 Å². The molecule has 0 fully saturated rings. The first-order valence-electron chi connectivity index (χ1n) is 8.36. The fourth-order valence-corrected chi connectivity index (χ4v) is 3.54. The van der Waals surface area contributed by atoms with Crippen LogP contribution in [0.5, 0.6) is 0 Å².